The van der Waals surface area contributed by atoms with Crippen LogP contribution in [-0.4, -0.2) is 38.6 Å². The van der Waals surface area contributed by atoms with Crippen LogP contribution in [0.1, 0.15) is 25.5 Å². The second kappa shape index (κ2) is 5.31. The monoisotopic (exact) mass is 259 g/mol. The molecule has 4 heteroatoms. The predicted octanol–water partition coefficient (Wildman–Crippen LogP) is 1.93. The minimum Gasteiger partial charge on any atom is -0.393 e. The average Bonchev–Trinajstić information content (AvgIpc) is 2.83. The van der Waals surface area contributed by atoms with Gasteiger partial charge in [-0.05, 0) is 50.9 Å². The Morgan fingerprint density at radius 2 is 2.16 bits per heavy atom. The van der Waals surface area contributed by atoms with Crippen molar-refractivity contribution in [1.29, 1.82) is 0 Å². The molecular weight excluding hydrogens is 238 g/mol. The highest BCUT2D eigenvalue weighted by atomic mass is 16.3. The molecule has 1 atom stereocenters. The fraction of sp³-hybridized carbons (Fsp3) is 0.533. The summed E-state index contributed by atoms with van der Waals surface area (Å²) in [5, 5.41) is 9.63. The Balaban J connectivity index is 1.66. The van der Waals surface area contributed by atoms with Gasteiger partial charge >= 0.3 is 0 Å². The topological polar surface area (TPSA) is 40.8 Å². The largest absolute Gasteiger partial charge is 0.393 e. The van der Waals surface area contributed by atoms with Crippen molar-refractivity contribution in [3.05, 3.63) is 36.3 Å². The van der Waals surface area contributed by atoms with Gasteiger partial charge in [-0.25, -0.2) is 4.98 Å². The van der Waals surface area contributed by atoms with E-state index in [1.165, 1.54) is 5.69 Å². The van der Waals surface area contributed by atoms with Crippen LogP contribution in [0.2, 0.25) is 0 Å². The summed E-state index contributed by atoms with van der Waals surface area (Å²) in [4.78, 5) is 6.88. The fourth-order valence-corrected chi connectivity index (χ4v) is 2.92. The molecule has 2 aromatic rings. The number of nitrogens with zero attached hydrogens (tertiary/aromatic N) is 3. The summed E-state index contributed by atoms with van der Waals surface area (Å²) in [7, 11) is 0. The van der Waals surface area contributed by atoms with Crippen molar-refractivity contribution in [2.75, 3.05) is 13.1 Å². The van der Waals surface area contributed by atoms with E-state index in [0.29, 0.717) is 5.92 Å². The molecule has 0 bridgehead atoms. The van der Waals surface area contributed by atoms with Gasteiger partial charge in [-0.2, -0.15) is 0 Å². The molecular formula is C15H21N3O. The Kier molecular flexibility index (Phi) is 3.53. The number of aromatic nitrogens is 2. The maximum Gasteiger partial charge on any atom is 0.136 e. The zero-order chi connectivity index (χ0) is 13.2. The molecule has 19 heavy (non-hydrogen) atoms. The third kappa shape index (κ3) is 2.65. The first-order chi connectivity index (χ1) is 9.24. The van der Waals surface area contributed by atoms with Crippen LogP contribution in [-0.2, 0) is 6.54 Å². The van der Waals surface area contributed by atoms with E-state index in [4.69, 9.17) is 0 Å². The first-order valence-corrected chi connectivity index (χ1v) is 7.05. The van der Waals surface area contributed by atoms with E-state index < -0.39 is 0 Å². The molecule has 1 N–H and O–H groups in total. The van der Waals surface area contributed by atoms with Crippen LogP contribution in [0.25, 0.3) is 5.65 Å². The van der Waals surface area contributed by atoms with Gasteiger partial charge in [0.15, 0.2) is 0 Å². The minimum atomic E-state index is -0.169. The zero-order valence-electron chi connectivity index (χ0n) is 11.4. The predicted molar refractivity (Wildman–Crippen MR) is 74.9 cm³/mol. The molecule has 0 amide bonds. The van der Waals surface area contributed by atoms with Crippen LogP contribution >= 0.6 is 0 Å². The Bertz CT molecular complexity index is 541. The van der Waals surface area contributed by atoms with Crippen molar-refractivity contribution >= 4 is 5.65 Å². The first kappa shape index (κ1) is 12.6. The lowest BCUT2D eigenvalue weighted by Crippen LogP contribution is -2.36. The van der Waals surface area contributed by atoms with Crippen LogP contribution in [0.3, 0.4) is 0 Å². The summed E-state index contributed by atoms with van der Waals surface area (Å²) < 4.78 is 2.15. The van der Waals surface area contributed by atoms with E-state index in [0.717, 1.165) is 38.1 Å². The van der Waals surface area contributed by atoms with Gasteiger partial charge in [0, 0.05) is 12.7 Å². The lowest BCUT2D eigenvalue weighted by Gasteiger charge is -2.33. The molecule has 4 nitrogen and oxygen atoms in total. The lowest BCUT2D eigenvalue weighted by atomic mass is 9.92. The molecule has 0 spiro atoms. The molecule has 3 rings (SSSR count). The highest BCUT2D eigenvalue weighted by molar-refractivity contribution is 5.39. The van der Waals surface area contributed by atoms with Gasteiger partial charge in [-0.3, -0.25) is 4.90 Å². The van der Waals surface area contributed by atoms with E-state index in [1.54, 1.807) is 0 Å². The summed E-state index contributed by atoms with van der Waals surface area (Å²) in [6, 6.07) is 6.08. The van der Waals surface area contributed by atoms with Crippen LogP contribution in [0.15, 0.2) is 30.6 Å². The number of fused-ring (bicyclic) bond motifs is 1. The van der Waals surface area contributed by atoms with Crippen LogP contribution in [0.5, 0.6) is 0 Å². The van der Waals surface area contributed by atoms with Gasteiger partial charge in [-0.15, -0.1) is 0 Å². The maximum absolute atomic E-state index is 9.63. The molecule has 1 unspecified atom stereocenters. The molecule has 3 heterocycles. The quantitative estimate of drug-likeness (QED) is 0.915. The molecule has 0 saturated carbocycles. The smallest absolute Gasteiger partial charge is 0.136 e. The number of hydrogen-bond donors (Lipinski definition) is 1. The number of hydrogen-bond acceptors (Lipinski definition) is 3. The van der Waals surface area contributed by atoms with Crippen molar-refractivity contribution in [2.24, 2.45) is 5.92 Å². The van der Waals surface area contributed by atoms with E-state index in [-0.39, 0.29) is 6.10 Å². The third-order valence-electron chi connectivity index (χ3n) is 4.19. The molecule has 1 saturated heterocycles. The highest BCUT2D eigenvalue weighted by Crippen LogP contribution is 2.22. The number of pyridine rings is 1. The molecule has 1 fully saturated rings. The number of aliphatic hydroxyl groups excluding tert-OH is 1. The van der Waals surface area contributed by atoms with Crippen molar-refractivity contribution in [3.8, 4) is 0 Å². The summed E-state index contributed by atoms with van der Waals surface area (Å²) in [5.74, 6) is 0.471. The van der Waals surface area contributed by atoms with E-state index in [2.05, 4.69) is 20.5 Å². The molecule has 0 radical (unpaired) electrons. The summed E-state index contributed by atoms with van der Waals surface area (Å²) in [5.41, 5.74) is 2.25. The van der Waals surface area contributed by atoms with Gasteiger partial charge in [0.05, 0.1) is 18.0 Å². The van der Waals surface area contributed by atoms with Crippen molar-refractivity contribution in [2.45, 2.75) is 32.4 Å². The van der Waals surface area contributed by atoms with E-state index in [1.807, 2.05) is 31.3 Å². The van der Waals surface area contributed by atoms with Crippen LogP contribution < -0.4 is 0 Å². The van der Waals surface area contributed by atoms with Gasteiger partial charge in [0.25, 0.3) is 0 Å². The van der Waals surface area contributed by atoms with Crippen LogP contribution in [0, 0.1) is 5.92 Å². The number of aliphatic hydroxyl groups is 1. The fourth-order valence-electron chi connectivity index (χ4n) is 2.92. The third-order valence-corrected chi connectivity index (χ3v) is 4.19. The van der Waals surface area contributed by atoms with Crippen molar-refractivity contribution in [1.82, 2.24) is 14.3 Å². The Morgan fingerprint density at radius 3 is 2.89 bits per heavy atom. The number of imidazole rings is 1. The molecule has 102 valence electrons. The normalized spacial score (nSPS) is 19.9. The van der Waals surface area contributed by atoms with E-state index in [9.17, 15) is 5.11 Å². The minimum absolute atomic E-state index is 0.169. The summed E-state index contributed by atoms with van der Waals surface area (Å²) >= 11 is 0. The Labute approximate surface area is 113 Å². The summed E-state index contributed by atoms with van der Waals surface area (Å²) in [6.45, 7) is 4.98. The average molecular weight is 259 g/mol. The number of likely N-dealkylation sites (tertiary alicyclic amines) is 1. The van der Waals surface area contributed by atoms with Gasteiger partial charge in [-0.1, -0.05) is 6.07 Å². The van der Waals surface area contributed by atoms with E-state index >= 15 is 0 Å². The first-order valence-electron chi connectivity index (χ1n) is 7.05. The molecule has 0 aromatic carbocycles. The summed E-state index contributed by atoms with van der Waals surface area (Å²) in [6.07, 6.45) is 6.05. The maximum atomic E-state index is 9.63. The lowest BCUT2D eigenvalue weighted by molar-refractivity contribution is 0.0691. The Morgan fingerprint density at radius 1 is 1.37 bits per heavy atom. The van der Waals surface area contributed by atoms with Crippen molar-refractivity contribution in [3.63, 3.8) is 0 Å². The molecule has 2 aromatic heterocycles. The molecule has 1 aliphatic heterocycles. The van der Waals surface area contributed by atoms with Crippen LogP contribution in [0.4, 0.5) is 0 Å². The van der Waals surface area contributed by atoms with Gasteiger partial charge in [0.1, 0.15) is 5.65 Å². The number of rotatable bonds is 3. The van der Waals surface area contributed by atoms with Gasteiger partial charge < -0.3 is 9.51 Å². The highest BCUT2D eigenvalue weighted by Gasteiger charge is 2.23. The SMILES string of the molecule is CC(O)C1CCN(Cc2cnc3ccccn23)CC1. The van der Waals surface area contributed by atoms with Crippen molar-refractivity contribution < 1.29 is 5.11 Å². The molecule has 1 aliphatic rings. The second-order valence-electron chi connectivity index (χ2n) is 5.53. The standard InChI is InChI=1S/C15H21N3O/c1-12(19)13-5-8-17(9-6-13)11-14-10-16-15-4-2-3-7-18(14)15/h2-4,7,10,12-13,19H,5-6,8-9,11H2,1H3. The Hall–Kier alpha value is -1.39. The number of piperidine rings is 1. The zero-order valence-corrected chi connectivity index (χ0v) is 11.4. The van der Waals surface area contributed by atoms with Gasteiger partial charge in [0.2, 0.25) is 0 Å². The second-order valence-corrected chi connectivity index (χ2v) is 5.53. The molecule has 0 aliphatic carbocycles.